The Labute approximate surface area is 238 Å². The Kier molecular flexibility index (Phi) is 8.81. The second-order valence-electron chi connectivity index (χ2n) is 8.44. The van der Waals surface area contributed by atoms with Crippen LogP contribution >= 0.6 is 0 Å². The number of fused-ring (bicyclic) bond motifs is 3. The number of aryl methyl sites for hydroxylation is 2. The molecule has 3 aliphatic rings. The summed E-state index contributed by atoms with van der Waals surface area (Å²) in [7, 11) is 1.57. The van der Waals surface area contributed by atoms with Gasteiger partial charge in [0, 0.05) is 22.8 Å². The topological polar surface area (TPSA) is 212 Å². The summed E-state index contributed by atoms with van der Waals surface area (Å²) in [5.41, 5.74) is 23.6. The SMILES string of the molecule is COc1ccc2c(c1)NS(=O)N=C2N.Cc1ccc2c(c1)NS(=O)N=C2N.Cc1cccc2c1NS(=O)N=C2N. The van der Waals surface area contributed by atoms with Gasteiger partial charge in [-0.15, -0.1) is 0 Å². The Morgan fingerprint density at radius 2 is 1.20 bits per heavy atom. The van der Waals surface area contributed by atoms with E-state index in [1.54, 1.807) is 25.3 Å². The zero-order valence-electron chi connectivity index (χ0n) is 21.6. The highest BCUT2D eigenvalue weighted by Gasteiger charge is 2.17. The summed E-state index contributed by atoms with van der Waals surface area (Å²) < 4.78 is 57.7. The Bertz CT molecular complexity index is 1640. The molecule has 3 atom stereocenters. The molecule has 0 amide bonds. The predicted octanol–water partition coefficient (Wildman–Crippen LogP) is 1.81. The smallest absolute Gasteiger partial charge is 0.245 e. The van der Waals surface area contributed by atoms with Gasteiger partial charge in [0.05, 0.1) is 24.2 Å². The molecule has 16 heteroatoms. The lowest BCUT2D eigenvalue weighted by atomic mass is 10.1. The highest BCUT2D eigenvalue weighted by atomic mass is 32.2. The number of ether oxygens (including phenoxy) is 1. The van der Waals surface area contributed by atoms with Crippen molar-refractivity contribution in [3.63, 3.8) is 0 Å². The van der Waals surface area contributed by atoms with Crippen molar-refractivity contribution in [2.75, 3.05) is 21.3 Å². The maximum atomic E-state index is 11.1. The third-order valence-electron chi connectivity index (χ3n) is 5.63. The molecule has 0 saturated carbocycles. The van der Waals surface area contributed by atoms with Crippen molar-refractivity contribution >= 4 is 68.1 Å². The number of anilines is 3. The van der Waals surface area contributed by atoms with Crippen molar-refractivity contribution in [2.24, 2.45) is 30.4 Å². The third-order valence-corrected chi connectivity index (χ3v) is 7.89. The molecule has 0 bridgehead atoms. The van der Waals surface area contributed by atoms with Crippen LogP contribution in [0.2, 0.25) is 0 Å². The summed E-state index contributed by atoms with van der Waals surface area (Å²) in [5, 5.41) is 0. The standard InChI is InChI=1S/C8H9N3O2S.2C8H9N3OS/c1-13-5-2-3-6-7(4-5)10-14(12)11-8(6)9;1-5-2-3-6-7(4-5)10-13(12)11-8(6)9;1-5-3-2-4-6-7(5)10-13(12)11-8(6)9/h2-4,10H,1H3,(H2,9,11);2*2-4,10H,1H3,(H2,9,11). The van der Waals surface area contributed by atoms with Crippen molar-refractivity contribution in [1.29, 1.82) is 0 Å². The minimum atomic E-state index is -1.48. The quantitative estimate of drug-likeness (QED) is 0.243. The molecular weight excluding hydrogens is 575 g/mol. The van der Waals surface area contributed by atoms with Gasteiger partial charge in [-0.05, 0) is 55.3 Å². The average molecular weight is 602 g/mol. The van der Waals surface area contributed by atoms with Crippen LogP contribution < -0.4 is 36.1 Å². The van der Waals surface area contributed by atoms with E-state index in [0.717, 1.165) is 39.2 Å². The van der Waals surface area contributed by atoms with Gasteiger partial charge in [-0.3, -0.25) is 14.2 Å². The summed E-state index contributed by atoms with van der Waals surface area (Å²) in [4.78, 5) is 0. The predicted molar refractivity (Wildman–Crippen MR) is 163 cm³/mol. The zero-order chi connectivity index (χ0) is 29.0. The summed E-state index contributed by atoms with van der Waals surface area (Å²) in [6.45, 7) is 3.90. The molecule has 0 saturated heterocycles. The van der Waals surface area contributed by atoms with Gasteiger partial charge < -0.3 is 21.9 Å². The maximum absolute atomic E-state index is 11.1. The van der Waals surface area contributed by atoms with Crippen molar-refractivity contribution in [3.05, 3.63) is 82.4 Å². The molecule has 3 unspecified atom stereocenters. The van der Waals surface area contributed by atoms with Gasteiger partial charge >= 0.3 is 0 Å². The number of hydrogen-bond acceptors (Lipinski definition) is 7. The molecule has 6 rings (SSSR count). The van der Waals surface area contributed by atoms with E-state index in [4.69, 9.17) is 21.9 Å². The van der Waals surface area contributed by atoms with Gasteiger partial charge in [0.15, 0.2) is 0 Å². The molecule has 13 nitrogen and oxygen atoms in total. The minimum absolute atomic E-state index is 0.278. The number of methoxy groups -OCH3 is 1. The summed E-state index contributed by atoms with van der Waals surface area (Å²) in [6.07, 6.45) is 0. The first-order valence-corrected chi connectivity index (χ1v) is 14.8. The van der Waals surface area contributed by atoms with Crippen molar-refractivity contribution < 1.29 is 17.4 Å². The number of rotatable bonds is 1. The van der Waals surface area contributed by atoms with Gasteiger partial charge in [0.25, 0.3) is 0 Å². The van der Waals surface area contributed by atoms with E-state index in [1.165, 1.54) is 0 Å². The van der Waals surface area contributed by atoms with Crippen LogP contribution in [0.3, 0.4) is 0 Å². The van der Waals surface area contributed by atoms with Crippen LogP contribution in [-0.2, 0) is 33.5 Å². The number of nitrogens with two attached hydrogens (primary N) is 3. The number of amidine groups is 3. The molecule has 3 aliphatic heterocycles. The number of benzene rings is 3. The second-order valence-corrected chi connectivity index (χ2v) is 11.1. The van der Waals surface area contributed by atoms with Crippen molar-refractivity contribution in [1.82, 2.24) is 0 Å². The van der Waals surface area contributed by atoms with E-state index < -0.39 is 33.5 Å². The fraction of sp³-hybridized carbons (Fsp3) is 0.125. The first-order valence-electron chi connectivity index (χ1n) is 11.5. The monoisotopic (exact) mass is 601 g/mol. The first kappa shape index (κ1) is 28.7. The van der Waals surface area contributed by atoms with Gasteiger partial charge in [-0.2, -0.15) is 13.2 Å². The fourth-order valence-corrected chi connectivity index (χ4v) is 5.83. The minimum Gasteiger partial charge on any atom is -0.497 e. The Hall–Kier alpha value is -4.28. The molecule has 40 heavy (non-hydrogen) atoms. The van der Waals surface area contributed by atoms with Gasteiger partial charge in [-0.25, -0.2) is 12.6 Å². The molecule has 3 heterocycles. The molecule has 0 fully saturated rings. The van der Waals surface area contributed by atoms with E-state index in [0.29, 0.717) is 23.1 Å². The van der Waals surface area contributed by atoms with E-state index >= 15 is 0 Å². The van der Waals surface area contributed by atoms with Crippen LogP contribution in [0.1, 0.15) is 27.8 Å². The lowest BCUT2D eigenvalue weighted by Crippen LogP contribution is -2.23. The number of nitrogens with one attached hydrogen (secondary N) is 3. The van der Waals surface area contributed by atoms with Crippen LogP contribution in [-0.4, -0.2) is 37.2 Å². The molecule has 9 N–H and O–H groups in total. The fourth-order valence-electron chi connectivity index (χ4n) is 3.70. The van der Waals surface area contributed by atoms with E-state index in [9.17, 15) is 12.6 Å². The Balaban J connectivity index is 0.000000139. The van der Waals surface area contributed by atoms with Crippen molar-refractivity contribution in [3.8, 4) is 5.75 Å². The molecule has 0 radical (unpaired) electrons. The van der Waals surface area contributed by atoms with Gasteiger partial charge in [-0.1, -0.05) is 18.2 Å². The average Bonchev–Trinajstić information content (AvgIpc) is 2.89. The Morgan fingerprint density at radius 1 is 0.675 bits per heavy atom. The van der Waals surface area contributed by atoms with E-state index in [-0.39, 0.29) is 5.84 Å². The molecule has 0 spiro atoms. The van der Waals surface area contributed by atoms with Crippen LogP contribution in [0.4, 0.5) is 17.1 Å². The summed E-state index contributed by atoms with van der Waals surface area (Å²) in [5.74, 6) is 1.62. The van der Waals surface area contributed by atoms with E-state index in [1.807, 2.05) is 50.2 Å². The number of para-hydroxylation sites is 1. The van der Waals surface area contributed by atoms with Crippen LogP contribution in [0.5, 0.6) is 5.75 Å². The Morgan fingerprint density at radius 3 is 1.80 bits per heavy atom. The lowest BCUT2D eigenvalue weighted by Gasteiger charge is -2.16. The zero-order valence-corrected chi connectivity index (χ0v) is 24.1. The maximum Gasteiger partial charge on any atom is 0.245 e. The van der Waals surface area contributed by atoms with Gasteiger partial charge in [0.1, 0.15) is 23.3 Å². The number of nitrogens with zero attached hydrogens (tertiary/aromatic N) is 3. The van der Waals surface area contributed by atoms with E-state index in [2.05, 4.69) is 27.4 Å². The lowest BCUT2D eigenvalue weighted by molar-refractivity contribution is 0.415. The molecule has 210 valence electrons. The summed E-state index contributed by atoms with van der Waals surface area (Å²) in [6, 6.07) is 16.7. The highest BCUT2D eigenvalue weighted by molar-refractivity contribution is 7.85. The van der Waals surface area contributed by atoms with Crippen LogP contribution in [0.15, 0.2) is 67.8 Å². The van der Waals surface area contributed by atoms with Gasteiger partial charge in [0.2, 0.25) is 33.5 Å². The third kappa shape index (κ3) is 6.64. The van der Waals surface area contributed by atoms with Crippen LogP contribution in [0.25, 0.3) is 0 Å². The summed E-state index contributed by atoms with van der Waals surface area (Å²) >= 11 is -4.34. The molecule has 3 aromatic rings. The molecule has 0 aliphatic carbocycles. The second kappa shape index (κ2) is 12.3. The highest BCUT2D eigenvalue weighted by Crippen LogP contribution is 2.26. The molecular formula is C24H27N9O4S3. The first-order chi connectivity index (χ1) is 19.0. The van der Waals surface area contributed by atoms with Crippen molar-refractivity contribution in [2.45, 2.75) is 13.8 Å². The largest absolute Gasteiger partial charge is 0.497 e. The normalized spacial score (nSPS) is 19.8. The molecule has 0 aromatic heterocycles. The number of hydrogen-bond donors (Lipinski definition) is 6. The van der Waals surface area contributed by atoms with Crippen LogP contribution in [0, 0.1) is 13.8 Å². The molecule has 3 aromatic carbocycles.